The van der Waals surface area contributed by atoms with Crippen molar-refractivity contribution >= 4 is 28.3 Å². The number of hydrogen-bond donors (Lipinski definition) is 0. The van der Waals surface area contributed by atoms with Crippen LogP contribution in [0.15, 0.2) is 51.3 Å². The Kier molecular flexibility index (Phi) is 4.56. The molecule has 1 aromatic carbocycles. The molecule has 0 radical (unpaired) electrons. The van der Waals surface area contributed by atoms with Gasteiger partial charge in [0.05, 0.1) is 32.8 Å². The smallest absolute Gasteiger partial charge is 0.339 e. The Morgan fingerprint density at radius 2 is 2.00 bits per heavy atom. The molecule has 1 unspecified atom stereocenters. The summed E-state index contributed by atoms with van der Waals surface area (Å²) in [5.74, 6) is 0.196. The number of benzene rings is 1. The highest BCUT2D eigenvalue weighted by molar-refractivity contribution is 7.85. The molecule has 0 fully saturated rings. The third kappa shape index (κ3) is 3.02. The molecule has 0 bridgehead atoms. The molecule has 0 saturated heterocycles. The average molecular weight is 356 g/mol. The number of fused-ring (bicyclic) bond motifs is 1. The van der Waals surface area contributed by atoms with E-state index in [0.29, 0.717) is 21.2 Å². The van der Waals surface area contributed by atoms with Gasteiger partial charge in [-0.3, -0.25) is 0 Å². The molecule has 2 heterocycles. The van der Waals surface area contributed by atoms with Crippen LogP contribution in [0.3, 0.4) is 0 Å². The van der Waals surface area contributed by atoms with Gasteiger partial charge in [-0.1, -0.05) is 26.0 Å². The van der Waals surface area contributed by atoms with Gasteiger partial charge >= 0.3 is 5.97 Å². The molecule has 0 aliphatic carbocycles. The van der Waals surface area contributed by atoms with Crippen LogP contribution in [0.1, 0.15) is 43.6 Å². The number of aromatic nitrogens is 1. The van der Waals surface area contributed by atoms with Crippen LogP contribution >= 0.6 is 0 Å². The minimum absolute atomic E-state index is 0.247. The predicted octanol–water partition coefficient (Wildman–Crippen LogP) is 3.81. The van der Waals surface area contributed by atoms with Crippen molar-refractivity contribution in [2.45, 2.75) is 42.9 Å². The normalized spacial score (nSPS) is 16.1. The van der Waals surface area contributed by atoms with Gasteiger partial charge in [-0.05, 0) is 32.0 Å². The standard InChI is InChI=1S/C19H20N2O3S/c1-5-24-18(22)14-8-6-7-9-16(14)25(23)13-10-15-17(20-11-13)21-12(2)19(15,3)4/h6-11H,5H2,1-4H3. The summed E-state index contributed by atoms with van der Waals surface area (Å²) in [7, 11) is -1.53. The van der Waals surface area contributed by atoms with Crippen molar-refractivity contribution in [3.05, 3.63) is 47.7 Å². The Morgan fingerprint density at radius 3 is 2.72 bits per heavy atom. The van der Waals surface area contributed by atoms with Gasteiger partial charge in [0.25, 0.3) is 0 Å². The summed E-state index contributed by atoms with van der Waals surface area (Å²) in [6.07, 6.45) is 1.56. The van der Waals surface area contributed by atoms with Crippen molar-refractivity contribution in [3.8, 4) is 0 Å². The lowest BCUT2D eigenvalue weighted by Gasteiger charge is -2.20. The molecule has 1 aliphatic rings. The summed E-state index contributed by atoms with van der Waals surface area (Å²) < 4.78 is 18.2. The molecular formula is C19H20N2O3S. The summed E-state index contributed by atoms with van der Waals surface area (Å²) in [6, 6.07) is 8.67. The molecule has 1 aliphatic heterocycles. The Labute approximate surface area is 149 Å². The highest BCUT2D eigenvalue weighted by Gasteiger charge is 2.34. The third-order valence-corrected chi connectivity index (χ3v) is 5.90. The van der Waals surface area contributed by atoms with E-state index < -0.39 is 16.8 Å². The third-order valence-electron chi connectivity index (χ3n) is 4.49. The number of carbonyl (C=O) groups is 1. The first-order valence-corrected chi connectivity index (χ1v) is 9.25. The van der Waals surface area contributed by atoms with Crippen molar-refractivity contribution in [1.82, 2.24) is 4.98 Å². The lowest BCUT2D eigenvalue weighted by atomic mass is 9.83. The lowest BCUT2D eigenvalue weighted by molar-refractivity contribution is 0.0522. The van der Waals surface area contributed by atoms with E-state index in [-0.39, 0.29) is 12.0 Å². The molecule has 3 rings (SSSR count). The van der Waals surface area contributed by atoms with Gasteiger partial charge in [0.15, 0.2) is 5.82 Å². The molecule has 0 spiro atoms. The van der Waals surface area contributed by atoms with Crippen LogP contribution < -0.4 is 0 Å². The summed E-state index contributed by atoms with van der Waals surface area (Å²) >= 11 is 0. The maximum atomic E-state index is 13.1. The van der Waals surface area contributed by atoms with Crippen LogP contribution in [0, 0.1) is 0 Å². The molecule has 1 atom stereocenters. The van der Waals surface area contributed by atoms with Gasteiger partial charge in [-0.15, -0.1) is 0 Å². The number of hydrogen-bond acceptors (Lipinski definition) is 5. The highest BCUT2D eigenvalue weighted by Crippen LogP contribution is 2.39. The van der Waals surface area contributed by atoms with Crippen LogP contribution in [-0.2, 0) is 21.0 Å². The van der Waals surface area contributed by atoms with E-state index >= 15 is 0 Å². The monoisotopic (exact) mass is 356 g/mol. The first kappa shape index (κ1) is 17.5. The first-order chi connectivity index (χ1) is 11.9. The maximum absolute atomic E-state index is 13.1. The topological polar surface area (TPSA) is 68.6 Å². The van der Waals surface area contributed by atoms with E-state index in [0.717, 1.165) is 11.3 Å². The minimum atomic E-state index is -1.53. The van der Waals surface area contributed by atoms with Gasteiger partial charge in [0.2, 0.25) is 0 Å². The SMILES string of the molecule is CCOC(=O)c1ccccc1S(=O)c1cnc2c(c1)C(C)(C)C(C)=N2. The van der Waals surface area contributed by atoms with Crippen molar-refractivity contribution in [2.24, 2.45) is 4.99 Å². The van der Waals surface area contributed by atoms with E-state index in [9.17, 15) is 9.00 Å². The zero-order chi connectivity index (χ0) is 18.2. The molecule has 25 heavy (non-hydrogen) atoms. The maximum Gasteiger partial charge on any atom is 0.339 e. The van der Waals surface area contributed by atoms with Crippen LogP contribution in [0.25, 0.3) is 0 Å². The summed E-state index contributed by atoms with van der Waals surface area (Å²) in [4.78, 5) is 22.0. The minimum Gasteiger partial charge on any atom is -0.462 e. The van der Waals surface area contributed by atoms with Crippen LogP contribution in [0.4, 0.5) is 5.82 Å². The highest BCUT2D eigenvalue weighted by atomic mass is 32.2. The molecule has 1 aromatic heterocycles. The van der Waals surface area contributed by atoms with Gasteiger partial charge in [-0.2, -0.15) is 0 Å². The van der Waals surface area contributed by atoms with Gasteiger partial charge in [0.1, 0.15) is 0 Å². The summed E-state index contributed by atoms with van der Waals surface area (Å²) in [6.45, 7) is 8.11. The number of pyridine rings is 1. The van der Waals surface area contributed by atoms with Gasteiger partial charge in [0, 0.05) is 22.9 Å². The Morgan fingerprint density at radius 1 is 1.28 bits per heavy atom. The second kappa shape index (κ2) is 6.52. The van der Waals surface area contributed by atoms with E-state index in [1.54, 1.807) is 37.4 Å². The number of aliphatic imine (C=N–C) groups is 1. The Balaban J connectivity index is 2.02. The second-order valence-corrected chi connectivity index (χ2v) is 7.80. The largest absolute Gasteiger partial charge is 0.462 e. The Bertz CT molecular complexity index is 903. The van der Waals surface area contributed by atoms with Crippen LogP contribution in [-0.4, -0.2) is 27.5 Å². The zero-order valence-electron chi connectivity index (χ0n) is 14.7. The molecular weight excluding hydrogens is 336 g/mol. The molecule has 0 N–H and O–H groups in total. The number of carbonyl (C=O) groups excluding carboxylic acids is 1. The zero-order valence-corrected chi connectivity index (χ0v) is 15.5. The quantitative estimate of drug-likeness (QED) is 0.781. The van der Waals surface area contributed by atoms with Gasteiger partial charge < -0.3 is 4.74 Å². The molecule has 0 amide bonds. The van der Waals surface area contributed by atoms with Gasteiger partial charge in [-0.25, -0.2) is 19.0 Å². The van der Waals surface area contributed by atoms with Crippen molar-refractivity contribution < 1.29 is 13.7 Å². The van der Waals surface area contributed by atoms with Crippen molar-refractivity contribution in [3.63, 3.8) is 0 Å². The van der Waals surface area contributed by atoms with E-state index in [1.165, 1.54) is 0 Å². The fourth-order valence-electron chi connectivity index (χ4n) is 2.72. The Hall–Kier alpha value is -2.34. The van der Waals surface area contributed by atoms with Crippen molar-refractivity contribution in [1.29, 1.82) is 0 Å². The predicted molar refractivity (Wildman–Crippen MR) is 97.1 cm³/mol. The van der Waals surface area contributed by atoms with E-state index in [2.05, 4.69) is 23.8 Å². The molecule has 0 saturated carbocycles. The number of rotatable bonds is 4. The molecule has 5 nitrogen and oxygen atoms in total. The van der Waals surface area contributed by atoms with Crippen LogP contribution in [0.2, 0.25) is 0 Å². The fourth-order valence-corrected chi connectivity index (χ4v) is 3.90. The summed E-state index contributed by atoms with van der Waals surface area (Å²) in [5.41, 5.74) is 1.99. The molecule has 6 heteroatoms. The first-order valence-electron chi connectivity index (χ1n) is 8.10. The van der Waals surface area contributed by atoms with Crippen LogP contribution in [0.5, 0.6) is 0 Å². The average Bonchev–Trinajstić information content (AvgIpc) is 2.83. The number of nitrogens with zero attached hydrogens (tertiary/aromatic N) is 2. The lowest BCUT2D eigenvalue weighted by Crippen LogP contribution is -2.23. The van der Waals surface area contributed by atoms with E-state index in [4.69, 9.17) is 4.74 Å². The number of esters is 1. The molecule has 2 aromatic rings. The van der Waals surface area contributed by atoms with E-state index in [1.807, 2.05) is 13.0 Å². The fraction of sp³-hybridized carbons (Fsp3) is 0.316. The van der Waals surface area contributed by atoms with Crippen molar-refractivity contribution in [2.75, 3.05) is 6.61 Å². The molecule has 130 valence electrons. The summed E-state index contributed by atoms with van der Waals surface area (Å²) in [5, 5.41) is 0. The second-order valence-electron chi connectivity index (χ2n) is 6.35. The number of ether oxygens (including phenoxy) is 1.